The molecule has 1 saturated heterocycles. The van der Waals surface area contributed by atoms with Gasteiger partial charge in [-0.25, -0.2) is 0 Å². The van der Waals surface area contributed by atoms with Crippen LogP contribution >= 0.6 is 11.3 Å². The molecule has 2 atom stereocenters. The van der Waals surface area contributed by atoms with Crippen molar-refractivity contribution >= 4 is 27.9 Å². The third kappa shape index (κ3) is 2.74. The average Bonchev–Trinajstić information content (AvgIpc) is 3.20. The van der Waals surface area contributed by atoms with Crippen molar-refractivity contribution in [3.8, 4) is 0 Å². The molecule has 0 radical (unpaired) electrons. The molecule has 5 nitrogen and oxygen atoms in total. The molecule has 2 fully saturated rings. The van der Waals surface area contributed by atoms with E-state index in [2.05, 4.69) is 24.1 Å². The first-order valence-corrected chi connectivity index (χ1v) is 8.37. The number of nitrogen functional groups attached to an aromatic ring is 1. The van der Waals surface area contributed by atoms with Crippen LogP contribution in [0.2, 0.25) is 0 Å². The van der Waals surface area contributed by atoms with Crippen LogP contribution in [0.25, 0.3) is 0 Å². The molecule has 6 heteroatoms. The van der Waals surface area contributed by atoms with Crippen molar-refractivity contribution in [2.24, 2.45) is 0 Å². The average molecular weight is 309 g/mol. The standard InChI is InChI=1S/C15H23N3O2S/c1-8-6-18(7-9(2)20-8)15-11(10-4-5-10)12(16)13(21-15)14(19)17-3/h8-10H,4-7,16H2,1-3H3,(H,17,19)/t8-,9+. The number of anilines is 2. The number of rotatable bonds is 3. The van der Waals surface area contributed by atoms with Gasteiger partial charge < -0.3 is 20.7 Å². The van der Waals surface area contributed by atoms with E-state index in [9.17, 15) is 4.79 Å². The minimum Gasteiger partial charge on any atom is -0.397 e. The topological polar surface area (TPSA) is 67.6 Å². The van der Waals surface area contributed by atoms with Gasteiger partial charge in [-0.2, -0.15) is 0 Å². The zero-order valence-corrected chi connectivity index (χ0v) is 13.6. The smallest absolute Gasteiger partial charge is 0.263 e. The number of carbonyl (C=O) groups excluding carboxylic acids is 1. The van der Waals surface area contributed by atoms with Gasteiger partial charge in [0.25, 0.3) is 5.91 Å². The lowest BCUT2D eigenvalue weighted by molar-refractivity contribution is -0.00504. The van der Waals surface area contributed by atoms with E-state index in [4.69, 9.17) is 10.5 Å². The third-order valence-electron chi connectivity index (χ3n) is 4.09. The molecule has 1 amide bonds. The Morgan fingerprint density at radius 2 is 1.95 bits per heavy atom. The Morgan fingerprint density at radius 3 is 2.48 bits per heavy atom. The molecule has 1 aliphatic carbocycles. The van der Waals surface area contributed by atoms with Crippen LogP contribution in [0.15, 0.2) is 0 Å². The zero-order valence-electron chi connectivity index (χ0n) is 12.8. The summed E-state index contributed by atoms with van der Waals surface area (Å²) < 4.78 is 5.81. The number of ether oxygens (including phenoxy) is 1. The van der Waals surface area contributed by atoms with E-state index in [1.54, 1.807) is 7.05 Å². The lowest BCUT2D eigenvalue weighted by atomic mass is 10.1. The predicted molar refractivity (Wildman–Crippen MR) is 86.3 cm³/mol. The molecule has 0 bridgehead atoms. The molecule has 21 heavy (non-hydrogen) atoms. The van der Waals surface area contributed by atoms with Crippen LogP contribution in [0, 0.1) is 0 Å². The summed E-state index contributed by atoms with van der Waals surface area (Å²) in [5.41, 5.74) is 8.17. The largest absolute Gasteiger partial charge is 0.397 e. The maximum Gasteiger partial charge on any atom is 0.263 e. The monoisotopic (exact) mass is 309 g/mol. The van der Waals surface area contributed by atoms with Gasteiger partial charge in [0.1, 0.15) is 4.88 Å². The summed E-state index contributed by atoms with van der Waals surface area (Å²) in [6, 6.07) is 0. The van der Waals surface area contributed by atoms with E-state index in [1.165, 1.54) is 34.7 Å². The van der Waals surface area contributed by atoms with Gasteiger partial charge >= 0.3 is 0 Å². The van der Waals surface area contributed by atoms with Gasteiger partial charge in [0.2, 0.25) is 0 Å². The molecule has 1 aromatic heterocycles. The second-order valence-electron chi connectivity index (χ2n) is 6.08. The first-order chi connectivity index (χ1) is 10.0. The highest BCUT2D eigenvalue weighted by Gasteiger charge is 2.36. The predicted octanol–water partition coefficient (Wildman–Crippen LogP) is 2.18. The molecule has 3 rings (SSSR count). The summed E-state index contributed by atoms with van der Waals surface area (Å²) in [6.07, 6.45) is 2.76. The highest BCUT2D eigenvalue weighted by atomic mass is 32.1. The number of nitrogens with zero attached hydrogens (tertiary/aromatic N) is 1. The van der Waals surface area contributed by atoms with E-state index in [-0.39, 0.29) is 18.1 Å². The normalized spacial score (nSPS) is 26.0. The van der Waals surface area contributed by atoms with Crippen molar-refractivity contribution in [1.29, 1.82) is 0 Å². The molecule has 1 saturated carbocycles. The summed E-state index contributed by atoms with van der Waals surface area (Å²) in [5, 5.41) is 3.87. The fourth-order valence-electron chi connectivity index (χ4n) is 3.07. The van der Waals surface area contributed by atoms with Crippen molar-refractivity contribution in [1.82, 2.24) is 5.32 Å². The molecule has 0 unspecified atom stereocenters. The van der Waals surface area contributed by atoms with E-state index < -0.39 is 0 Å². The van der Waals surface area contributed by atoms with Crippen molar-refractivity contribution in [2.75, 3.05) is 30.8 Å². The molecule has 0 aromatic carbocycles. The molecule has 2 heterocycles. The first-order valence-electron chi connectivity index (χ1n) is 7.55. The van der Waals surface area contributed by atoms with E-state index in [0.717, 1.165) is 13.1 Å². The second kappa shape index (κ2) is 5.50. The van der Waals surface area contributed by atoms with Gasteiger partial charge in [-0.15, -0.1) is 11.3 Å². The van der Waals surface area contributed by atoms with Crippen LogP contribution in [0.5, 0.6) is 0 Å². The lowest BCUT2D eigenvalue weighted by Crippen LogP contribution is -2.45. The van der Waals surface area contributed by atoms with Gasteiger partial charge in [-0.3, -0.25) is 4.79 Å². The van der Waals surface area contributed by atoms with Crippen LogP contribution in [0.1, 0.15) is 47.8 Å². The number of hydrogen-bond acceptors (Lipinski definition) is 5. The lowest BCUT2D eigenvalue weighted by Gasteiger charge is -2.36. The number of amides is 1. The highest BCUT2D eigenvalue weighted by Crippen LogP contribution is 2.52. The minimum atomic E-state index is -0.0833. The number of nitrogens with one attached hydrogen (secondary N) is 1. The first kappa shape index (κ1) is 14.7. The Morgan fingerprint density at radius 1 is 1.33 bits per heavy atom. The van der Waals surface area contributed by atoms with Crippen molar-refractivity contribution in [3.05, 3.63) is 10.4 Å². The molecular formula is C15H23N3O2S. The van der Waals surface area contributed by atoms with Gasteiger partial charge in [-0.1, -0.05) is 0 Å². The van der Waals surface area contributed by atoms with E-state index in [1.807, 2.05) is 0 Å². The molecule has 0 spiro atoms. The molecule has 2 aliphatic rings. The maximum atomic E-state index is 12.0. The van der Waals surface area contributed by atoms with Crippen molar-refractivity contribution < 1.29 is 9.53 Å². The number of hydrogen-bond donors (Lipinski definition) is 2. The number of morpholine rings is 1. The Hall–Kier alpha value is -1.27. The third-order valence-corrected chi connectivity index (χ3v) is 5.37. The van der Waals surface area contributed by atoms with Gasteiger partial charge in [0.05, 0.1) is 22.9 Å². The molecule has 116 valence electrons. The summed E-state index contributed by atoms with van der Waals surface area (Å²) in [6.45, 7) is 5.90. The summed E-state index contributed by atoms with van der Waals surface area (Å²) in [4.78, 5) is 15.0. The van der Waals surface area contributed by atoms with Crippen molar-refractivity contribution in [3.63, 3.8) is 0 Å². The van der Waals surface area contributed by atoms with Crippen LogP contribution in [-0.4, -0.2) is 38.3 Å². The zero-order chi connectivity index (χ0) is 15.1. The molecule has 1 aliphatic heterocycles. The van der Waals surface area contributed by atoms with Crippen LogP contribution in [0.4, 0.5) is 10.7 Å². The fourth-order valence-corrected chi connectivity index (χ4v) is 4.34. The van der Waals surface area contributed by atoms with E-state index in [0.29, 0.717) is 16.5 Å². The van der Waals surface area contributed by atoms with Crippen molar-refractivity contribution in [2.45, 2.75) is 44.8 Å². The highest BCUT2D eigenvalue weighted by molar-refractivity contribution is 7.18. The van der Waals surface area contributed by atoms with Gasteiger partial charge in [-0.05, 0) is 32.6 Å². The Bertz CT molecular complexity index is 543. The van der Waals surface area contributed by atoms with Crippen LogP contribution in [0.3, 0.4) is 0 Å². The SMILES string of the molecule is CNC(=O)c1sc(N2C[C@@H](C)O[C@@H](C)C2)c(C2CC2)c1N. The van der Waals surface area contributed by atoms with E-state index >= 15 is 0 Å². The summed E-state index contributed by atoms with van der Waals surface area (Å²) >= 11 is 1.53. The fraction of sp³-hybridized carbons (Fsp3) is 0.667. The van der Waals surface area contributed by atoms with Gasteiger partial charge in [0, 0.05) is 25.7 Å². The van der Waals surface area contributed by atoms with Crippen LogP contribution in [-0.2, 0) is 4.74 Å². The maximum absolute atomic E-state index is 12.0. The Kier molecular flexibility index (Phi) is 3.84. The summed E-state index contributed by atoms with van der Waals surface area (Å²) in [7, 11) is 1.65. The molecule has 3 N–H and O–H groups in total. The molecule has 1 aromatic rings. The number of carbonyl (C=O) groups is 1. The van der Waals surface area contributed by atoms with Gasteiger partial charge in [0.15, 0.2) is 0 Å². The summed E-state index contributed by atoms with van der Waals surface area (Å²) in [5.74, 6) is 0.447. The number of nitrogens with two attached hydrogens (primary N) is 1. The van der Waals surface area contributed by atoms with Crippen LogP contribution < -0.4 is 16.0 Å². The second-order valence-corrected chi connectivity index (χ2v) is 7.08. The molecular weight excluding hydrogens is 286 g/mol. The Labute approximate surface area is 129 Å². The minimum absolute atomic E-state index is 0.0833. The Balaban J connectivity index is 1.98. The quantitative estimate of drug-likeness (QED) is 0.898. The number of thiophene rings is 1.